The Morgan fingerprint density at radius 1 is 0.577 bits per heavy atom. The van der Waals surface area contributed by atoms with Crippen LogP contribution in [0.3, 0.4) is 0 Å². The Morgan fingerprint density at radius 3 is 1.15 bits per heavy atom. The van der Waals surface area contributed by atoms with Gasteiger partial charge in [0.25, 0.3) is 0 Å². The van der Waals surface area contributed by atoms with Gasteiger partial charge in [-0.3, -0.25) is 0 Å². The first-order valence-corrected chi connectivity index (χ1v) is 5.17. The van der Waals surface area contributed by atoms with Crippen LogP contribution < -0.4 is 0 Å². The molecule has 3 nitrogen and oxygen atoms in total. The smallest absolute Gasteiger partial charge is 0.460 e. The summed E-state index contributed by atoms with van der Waals surface area (Å²) in [5.74, 6) is -36.7. The van der Waals surface area contributed by atoms with Gasteiger partial charge in [-0.05, 0) is 0 Å². The van der Waals surface area contributed by atoms with Gasteiger partial charge in [-0.1, -0.05) is 0 Å². The van der Waals surface area contributed by atoms with Gasteiger partial charge in [0, 0.05) is 0 Å². The average Bonchev–Trinajstić information content (AvgIpc) is 2.34. The average molecular weight is 430 g/mol. The van der Waals surface area contributed by atoms with E-state index in [4.69, 9.17) is 5.11 Å². The van der Waals surface area contributed by atoms with Crippen molar-refractivity contribution in [3.05, 3.63) is 0 Å². The Bertz CT molecular complexity index is 548. The molecule has 18 heteroatoms. The van der Waals surface area contributed by atoms with E-state index >= 15 is 0 Å². The van der Waals surface area contributed by atoms with Gasteiger partial charge in [0.1, 0.15) is 0 Å². The van der Waals surface area contributed by atoms with Gasteiger partial charge in [-0.25, -0.2) is 9.53 Å². The third-order valence-corrected chi connectivity index (χ3v) is 2.41. The topological polar surface area (TPSA) is 46.5 Å². The number of ether oxygens (including phenoxy) is 1. The fraction of sp³-hybridized carbons (Fsp3) is 0.875. The number of alkyl halides is 15. The molecule has 0 heterocycles. The fourth-order valence-corrected chi connectivity index (χ4v) is 1.02. The molecule has 0 saturated carbocycles. The van der Waals surface area contributed by atoms with Crippen LogP contribution in [0.5, 0.6) is 0 Å². The molecule has 0 fully saturated rings. The normalized spacial score (nSPS) is 16.0. The first-order valence-electron chi connectivity index (χ1n) is 5.17. The van der Waals surface area contributed by atoms with Crippen LogP contribution in [0.15, 0.2) is 0 Å². The number of hydrogen-bond donors (Lipinski definition) is 1. The predicted octanol–water partition coefficient (Wildman–Crippen LogP) is 4.38. The second kappa shape index (κ2) is 5.95. The van der Waals surface area contributed by atoms with Crippen LogP contribution in [0, 0.1) is 0 Å². The monoisotopic (exact) mass is 430 g/mol. The van der Waals surface area contributed by atoms with E-state index in [1.165, 1.54) is 4.74 Å². The van der Waals surface area contributed by atoms with Gasteiger partial charge in [0.05, 0.1) is 0 Å². The highest BCUT2D eigenvalue weighted by molar-refractivity contribution is 5.73. The zero-order chi connectivity index (χ0) is 21.8. The van der Waals surface area contributed by atoms with Crippen molar-refractivity contribution >= 4 is 5.97 Å². The molecular weight excluding hydrogens is 429 g/mol. The molecule has 0 aliphatic carbocycles. The summed E-state index contributed by atoms with van der Waals surface area (Å²) in [7, 11) is 0. The molecule has 0 bridgehead atoms. The van der Waals surface area contributed by atoms with Crippen LogP contribution in [0.25, 0.3) is 0 Å². The first kappa shape index (κ1) is 24.4. The van der Waals surface area contributed by atoms with Crippen LogP contribution >= 0.6 is 0 Å². The van der Waals surface area contributed by atoms with E-state index in [1.807, 2.05) is 0 Å². The lowest BCUT2D eigenvalue weighted by molar-refractivity contribution is -0.487. The summed E-state index contributed by atoms with van der Waals surface area (Å²) in [6.45, 7) is 0. The van der Waals surface area contributed by atoms with Crippen molar-refractivity contribution in [2.24, 2.45) is 0 Å². The molecule has 0 aromatic rings. The van der Waals surface area contributed by atoms with Crippen molar-refractivity contribution in [3.8, 4) is 0 Å². The minimum Gasteiger partial charge on any atom is -0.475 e. The number of rotatable bonds is 7. The summed E-state index contributed by atoms with van der Waals surface area (Å²) in [6.07, 6.45) is -21.8. The highest BCUT2D eigenvalue weighted by Gasteiger charge is 2.91. The largest absolute Gasteiger partial charge is 0.475 e. The summed E-state index contributed by atoms with van der Waals surface area (Å²) in [6, 6.07) is 0. The summed E-state index contributed by atoms with van der Waals surface area (Å²) >= 11 is 0. The minimum atomic E-state index is -8.36. The Hall–Kier alpha value is -1.62. The lowest BCUT2D eigenvalue weighted by Gasteiger charge is -2.39. The molecule has 0 rings (SSSR count). The number of carbonyl (C=O) groups is 1. The van der Waals surface area contributed by atoms with E-state index in [9.17, 15) is 70.7 Å². The van der Waals surface area contributed by atoms with Gasteiger partial charge in [-0.15, -0.1) is 0 Å². The Balaban J connectivity index is 6.29. The second-order valence-corrected chi connectivity index (χ2v) is 4.24. The summed E-state index contributed by atoms with van der Waals surface area (Å²) in [5.41, 5.74) is 0. The Labute approximate surface area is 130 Å². The van der Waals surface area contributed by atoms with Crippen molar-refractivity contribution in [2.45, 2.75) is 42.1 Å². The van der Waals surface area contributed by atoms with Gasteiger partial charge in [-0.2, -0.15) is 65.9 Å². The fourth-order valence-electron chi connectivity index (χ4n) is 1.02. The number of carboxylic acid groups (broad SMARTS) is 1. The standard InChI is InChI=1S/C8HF15O3/c9-2(10,1(24)25)26-8(22,23)6(17,18)4(13,14)3(11,12)5(15,16)7(19,20)21/h(H,24,25). The van der Waals surface area contributed by atoms with E-state index in [0.717, 1.165) is 0 Å². The van der Waals surface area contributed by atoms with E-state index < -0.39 is 48.1 Å². The predicted molar refractivity (Wildman–Crippen MR) is 44.5 cm³/mol. The zero-order valence-corrected chi connectivity index (χ0v) is 10.9. The summed E-state index contributed by atoms with van der Waals surface area (Å²) < 4.78 is 188. The molecule has 0 atom stereocenters. The van der Waals surface area contributed by atoms with E-state index in [0.29, 0.717) is 0 Å². The molecule has 0 saturated heterocycles. The van der Waals surface area contributed by atoms with Crippen LogP contribution in [-0.2, 0) is 9.53 Å². The minimum absolute atomic E-state index is 1.48. The van der Waals surface area contributed by atoms with Crippen LogP contribution in [-0.4, -0.2) is 53.2 Å². The molecular formula is C8HF15O3. The van der Waals surface area contributed by atoms with Crippen LogP contribution in [0.4, 0.5) is 65.9 Å². The van der Waals surface area contributed by atoms with Gasteiger partial charge in [0.15, 0.2) is 0 Å². The Morgan fingerprint density at radius 2 is 0.885 bits per heavy atom. The maximum atomic E-state index is 12.9. The van der Waals surface area contributed by atoms with Gasteiger partial charge >= 0.3 is 48.1 Å². The molecule has 0 aliphatic heterocycles. The quantitative estimate of drug-likeness (QED) is 0.611. The molecule has 0 aromatic heterocycles. The van der Waals surface area contributed by atoms with Crippen molar-refractivity contribution in [3.63, 3.8) is 0 Å². The van der Waals surface area contributed by atoms with Crippen molar-refractivity contribution in [2.75, 3.05) is 0 Å². The molecule has 156 valence electrons. The van der Waals surface area contributed by atoms with E-state index in [2.05, 4.69) is 0 Å². The molecule has 0 radical (unpaired) electrons. The highest BCUT2D eigenvalue weighted by Crippen LogP contribution is 2.60. The number of aliphatic carboxylic acids is 1. The van der Waals surface area contributed by atoms with Gasteiger partial charge < -0.3 is 5.11 Å². The number of carboxylic acids is 1. The molecule has 0 aromatic carbocycles. The SMILES string of the molecule is O=C(O)C(F)(F)OC(F)(F)C(F)(F)C(F)(F)C(F)(F)C(F)(F)C(F)(F)F. The Kier molecular flexibility index (Phi) is 5.58. The molecule has 0 spiro atoms. The van der Waals surface area contributed by atoms with E-state index in [1.54, 1.807) is 0 Å². The molecule has 26 heavy (non-hydrogen) atoms. The molecule has 0 unspecified atom stereocenters. The lowest BCUT2D eigenvalue weighted by atomic mass is 9.97. The molecule has 1 N–H and O–H groups in total. The highest BCUT2D eigenvalue weighted by atomic mass is 19.4. The molecule has 0 aliphatic rings. The lowest BCUT2D eigenvalue weighted by Crippen LogP contribution is -2.71. The second-order valence-electron chi connectivity index (χ2n) is 4.24. The number of hydrogen-bond acceptors (Lipinski definition) is 2. The summed E-state index contributed by atoms with van der Waals surface area (Å²) in [4.78, 5) is 9.71. The summed E-state index contributed by atoms with van der Waals surface area (Å²) in [5, 5.41) is 7.61. The van der Waals surface area contributed by atoms with Crippen molar-refractivity contribution in [1.29, 1.82) is 0 Å². The van der Waals surface area contributed by atoms with Crippen LogP contribution in [0.2, 0.25) is 0 Å². The molecule has 0 amide bonds. The van der Waals surface area contributed by atoms with Crippen molar-refractivity contribution < 1.29 is 80.5 Å². The third kappa shape index (κ3) is 3.34. The van der Waals surface area contributed by atoms with Crippen LogP contribution in [0.1, 0.15) is 0 Å². The van der Waals surface area contributed by atoms with Gasteiger partial charge in [0.2, 0.25) is 0 Å². The first-order chi connectivity index (χ1) is 10.9. The maximum Gasteiger partial charge on any atom is 0.460 e. The van der Waals surface area contributed by atoms with Crippen molar-refractivity contribution in [1.82, 2.24) is 0 Å². The number of halogens is 15. The van der Waals surface area contributed by atoms with E-state index in [-0.39, 0.29) is 0 Å². The maximum absolute atomic E-state index is 12.9. The zero-order valence-electron chi connectivity index (χ0n) is 10.9. The third-order valence-electron chi connectivity index (χ3n) is 2.41.